The molecule has 0 saturated carbocycles. The first-order chi connectivity index (χ1) is 14.8. The minimum Gasteiger partial charge on any atom is -0.504 e. The van der Waals surface area contributed by atoms with E-state index in [2.05, 4.69) is 4.98 Å². The summed E-state index contributed by atoms with van der Waals surface area (Å²) >= 11 is 6.33. The van der Waals surface area contributed by atoms with Crippen molar-refractivity contribution in [2.45, 2.75) is 6.54 Å². The van der Waals surface area contributed by atoms with Crippen LogP contribution in [0.3, 0.4) is 0 Å². The molecule has 0 aliphatic rings. The van der Waals surface area contributed by atoms with Gasteiger partial charge in [-0.05, 0) is 29.8 Å². The van der Waals surface area contributed by atoms with Crippen LogP contribution in [0.25, 0.3) is 27.8 Å². The Morgan fingerprint density at radius 2 is 1.87 bits per heavy atom. The number of phenolic OH excluding ortho intramolecular Hbond substituents is 1. The second-order valence-electron chi connectivity index (χ2n) is 6.68. The zero-order valence-corrected chi connectivity index (χ0v) is 16.9. The molecule has 0 aliphatic heterocycles. The van der Waals surface area contributed by atoms with Gasteiger partial charge < -0.3 is 19.9 Å². The molecule has 0 amide bonds. The largest absolute Gasteiger partial charge is 0.504 e. The molecule has 0 spiro atoms. The standard InChI is InChI=1S/C21H16ClN3O6/c1-31-15-4-2-3-13(19(15)28)11-5-7-12(8-6-11)25-16(22)9-14-18(25)20(29)24(10-17(26)27)21(30)23-14/h2-9,28H,10H2,1H3,(H,23,30)(H,26,27). The summed E-state index contributed by atoms with van der Waals surface area (Å²) in [5.74, 6) is -0.987. The van der Waals surface area contributed by atoms with Crippen molar-refractivity contribution >= 4 is 28.6 Å². The number of nitrogens with zero attached hydrogens (tertiary/aromatic N) is 2. The number of aromatic amines is 1. The van der Waals surface area contributed by atoms with Crippen LogP contribution >= 0.6 is 11.6 Å². The third kappa shape index (κ3) is 3.44. The quantitative estimate of drug-likeness (QED) is 0.437. The molecule has 0 radical (unpaired) electrons. The summed E-state index contributed by atoms with van der Waals surface area (Å²) in [4.78, 5) is 38.5. The van der Waals surface area contributed by atoms with Crippen LogP contribution in [-0.2, 0) is 11.3 Å². The van der Waals surface area contributed by atoms with E-state index in [9.17, 15) is 19.5 Å². The molecule has 0 fully saturated rings. The average Bonchev–Trinajstić information content (AvgIpc) is 3.07. The van der Waals surface area contributed by atoms with Gasteiger partial charge in [0, 0.05) is 11.3 Å². The molecular formula is C21H16ClN3O6. The van der Waals surface area contributed by atoms with Crippen molar-refractivity contribution in [1.29, 1.82) is 0 Å². The zero-order chi connectivity index (χ0) is 22.3. The molecule has 0 saturated heterocycles. The maximum absolute atomic E-state index is 12.8. The molecule has 10 heteroatoms. The predicted octanol–water partition coefficient (Wildman–Crippen LogP) is 2.60. The number of carboxylic acids is 1. The van der Waals surface area contributed by atoms with Gasteiger partial charge >= 0.3 is 11.7 Å². The van der Waals surface area contributed by atoms with Crippen molar-refractivity contribution in [2.24, 2.45) is 0 Å². The molecule has 0 aliphatic carbocycles. The number of H-pyrrole nitrogens is 1. The molecule has 31 heavy (non-hydrogen) atoms. The van der Waals surface area contributed by atoms with E-state index in [0.717, 1.165) is 0 Å². The van der Waals surface area contributed by atoms with E-state index in [1.54, 1.807) is 42.5 Å². The smallest absolute Gasteiger partial charge is 0.329 e. The van der Waals surface area contributed by atoms with Crippen LogP contribution in [0.4, 0.5) is 0 Å². The first-order valence-corrected chi connectivity index (χ1v) is 9.42. The highest BCUT2D eigenvalue weighted by molar-refractivity contribution is 6.31. The van der Waals surface area contributed by atoms with E-state index < -0.39 is 23.8 Å². The van der Waals surface area contributed by atoms with Crippen molar-refractivity contribution in [3.8, 4) is 28.3 Å². The SMILES string of the molecule is COc1cccc(-c2ccc(-n3c(Cl)cc4[nH]c(=O)n(CC(=O)O)c(=O)c43)cc2)c1O. The van der Waals surface area contributed by atoms with Crippen LogP contribution in [0, 0.1) is 0 Å². The molecule has 9 nitrogen and oxygen atoms in total. The monoisotopic (exact) mass is 441 g/mol. The van der Waals surface area contributed by atoms with E-state index in [1.807, 2.05) is 0 Å². The number of aromatic hydroxyl groups is 1. The number of fused-ring (bicyclic) bond motifs is 1. The number of para-hydroxylation sites is 1. The average molecular weight is 442 g/mol. The van der Waals surface area contributed by atoms with Crippen molar-refractivity contribution in [2.75, 3.05) is 7.11 Å². The number of aromatic nitrogens is 3. The molecule has 0 bridgehead atoms. The van der Waals surface area contributed by atoms with Crippen molar-refractivity contribution < 1.29 is 19.7 Å². The lowest BCUT2D eigenvalue weighted by molar-refractivity contribution is -0.137. The molecule has 2 aromatic heterocycles. The summed E-state index contributed by atoms with van der Waals surface area (Å²) in [6.07, 6.45) is 0. The van der Waals surface area contributed by atoms with Crippen molar-refractivity contribution in [3.05, 3.63) is 74.5 Å². The van der Waals surface area contributed by atoms with Crippen LogP contribution in [-0.4, -0.2) is 37.4 Å². The number of hydrogen-bond acceptors (Lipinski definition) is 5. The van der Waals surface area contributed by atoms with E-state index in [4.69, 9.17) is 21.4 Å². The number of carbonyl (C=O) groups is 1. The molecule has 0 atom stereocenters. The number of benzene rings is 2. The lowest BCUT2D eigenvalue weighted by atomic mass is 10.0. The summed E-state index contributed by atoms with van der Waals surface area (Å²) in [6.45, 7) is -0.777. The Kier molecular flexibility index (Phi) is 5.04. The number of hydrogen-bond donors (Lipinski definition) is 3. The van der Waals surface area contributed by atoms with E-state index in [-0.39, 0.29) is 21.9 Å². The van der Waals surface area contributed by atoms with E-state index >= 15 is 0 Å². The lowest BCUT2D eigenvalue weighted by Crippen LogP contribution is -2.37. The number of halogens is 1. The minimum absolute atomic E-state index is 0.00340. The van der Waals surface area contributed by atoms with E-state index in [0.29, 0.717) is 27.1 Å². The van der Waals surface area contributed by atoms with Gasteiger partial charge in [-0.15, -0.1) is 0 Å². The Labute approximate surface area is 179 Å². The van der Waals surface area contributed by atoms with Gasteiger partial charge in [0.2, 0.25) is 0 Å². The molecule has 0 unspecified atom stereocenters. The Balaban J connectivity index is 1.86. The summed E-state index contributed by atoms with van der Waals surface area (Å²) < 4.78 is 7.15. The third-order valence-corrected chi connectivity index (χ3v) is 5.12. The zero-order valence-electron chi connectivity index (χ0n) is 16.1. The van der Waals surface area contributed by atoms with Crippen LogP contribution < -0.4 is 16.0 Å². The molecule has 3 N–H and O–H groups in total. The minimum atomic E-state index is -1.32. The molecular weight excluding hydrogens is 426 g/mol. The van der Waals surface area contributed by atoms with E-state index in [1.165, 1.54) is 17.7 Å². The third-order valence-electron chi connectivity index (χ3n) is 4.84. The number of rotatable bonds is 5. The first kappa shape index (κ1) is 20.3. The number of nitrogens with one attached hydrogen (secondary N) is 1. The lowest BCUT2D eigenvalue weighted by Gasteiger charge is -2.11. The van der Waals surface area contributed by atoms with Gasteiger partial charge in [-0.3, -0.25) is 14.2 Å². The van der Waals surface area contributed by atoms with Crippen LogP contribution in [0.5, 0.6) is 11.5 Å². The van der Waals surface area contributed by atoms with Gasteiger partial charge in [-0.2, -0.15) is 0 Å². The van der Waals surface area contributed by atoms with Crippen LogP contribution in [0.2, 0.25) is 5.15 Å². The summed E-state index contributed by atoms with van der Waals surface area (Å²) in [6, 6.07) is 13.4. The number of carboxylic acid groups (broad SMARTS) is 1. The molecule has 2 heterocycles. The fraction of sp³-hybridized carbons (Fsp3) is 0.0952. The second-order valence-corrected chi connectivity index (χ2v) is 7.07. The summed E-state index contributed by atoms with van der Waals surface area (Å²) in [5.41, 5.74) is 0.392. The molecule has 4 aromatic rings. The van der Waals surface area contributed by atoms with Gasteiger partial charge in [-0.25, -0.2) is 9.36 Å². The predicted molar refractivity (Wildman–Crippen MR) is 114 cm³/mol. The first-order valence-electron chi connectivity index (χ1n) is 9.04. The van der Waals surface area contributed by atoms with Crippen molar-refractivity contribution in [1.82, 2.24) is 14.1 Å². The number of aliphatic carboxylic acids is 1. The van der Waals surface area contributed by atoms with Crippen molar-refractivity contribution in [3.63, 3.8) is 0 Å². The number of ether oxygens (including phenoxy) is 1. The van der Waals surface area contributed by atoms with Crippen LogP contribution in [0.15, 0.2) is 58.1 Å². The molecule has 2 aromatic carbocycles. The maximum atomic E-state index is 12.8. The maximum Gasteiger partial charge on any atom is 0.329 e. The number of methoxy groups -OCH3 is 1. The normalized spacial score (nSPS) is 11.0. The van der Waals surface area contributed by atoms with Gasteiger partial charge in [-0.1, -0.05) is 35.9 Å². The van der Waals surface area contributed by atoms with Gasteiger partial charge in [0.15, 0.2) is 11.5 Å². The highest BCUT2D eigenvalue weighted by Crippen LogP contribution is 2.37. The van der Waals surface area contributed by atoms with Gasteiger partial charge in [0.1, 0.15) is 17.2 Å². The fourth-order valence-corrected chi connectivity index (χ4v) is 3.72. The fourth-order valence-electron chi connectivity index (χ4n) is 3.43. The van der Waals surface area contributed by atoms with Crippen LogP contribution in [0.1, 0.15) is 0 Å². The second kappa shape index (κ2) is 7.69. The van der Waals surface area contributed by atoms with Gasteiger partial charge in [0.05, 0.1) is 12.6 Å². The molecule has 4 rings (SSSR count). The Hall–Kier alpha value is -3.98. The summed E-state index contributed by atoms with van der Waals surface area (Å²) in [5, 5.41) is 19.5. The Morgan fingerprint density at radius 3 is 2.52 bits per heavy atom. The Morgan fingerprint density at radius 1 is 1.16 bits per heavy atom. The highest BCUT2D eigenvalue weighted by atomic mass is 35.5. The molecule has 158 valence electrons. The number of phenols is 1. The van der Waals surface area contributed by atoms with Gasteiger partial charge in [0.25, 0.3) is 5.56 Å². The topological polar surface area (TPSA) is 127 Å². The highest BCUT2D eigenvalue weighted by Gasteiger charge is 2.18. The summed E-state index contributed by atoms with van der Waals surface area (Å²) in [7, 11) is 1.46. The Bertz CT molecular complexity index is 1430.